The predicted octanol–water partition coefficient (Wildman–Crippen LogP) is 4.24. The van der Waals surface area contributed by atoms with E-state index in [2.05, 4.69) is 61.2 Å². The zero-order valence-corrected chi connectivity index (χ0v) is 16.3. The monoisotopic (exact) mass is 352 g/mol. The highest BCUT2D eigenvalue weighted by atomic mass is 16.2. The van der Waals surface area contributed by atoms with E-state index in [0.29, 0.717) is 6.54 Å². The van der Waals surface area contributed by atoms with Crippen LogP contribution in [-0.2, 0) is 17.8 Å². The van der Waals surface area contributed by atoms with Gasteiger partial charge in [-0.25, -0.2) is 4.98 Å². The van der Waals surface area contributed by atoms with Gasteiger partial charge in [0.2, 0.25) is 5.91 Å². The van der Waals surface area contributed by atoms with Crippen molar-refractivity contribution in [3.05, 3.63) is 53.2 Å². The van der Waals surface area contributed by atoms with Crippen molar-refractivity contribution in [2.75, 3.05) is 0 Å². The van der Waals surface area contributed by atoms with Crippen molar-refractivity contribution in [2.45, 2.75) is 59.5 Å². The van der Waals surface area contributed by atoms with Gasteiger partial charge in [-0.1, -0.05) is 26.8 Å². The van der Waals surface area contributed by atoms with E-state index < -0.39 is 0 Å². The van der Waals surface area contributed by atoms with Crippen molar-refractivity contribution >= 4 is 16.8 Å². The number of nitrogens with one attached hydrogen (secondary N) is 2. The van der Waals surface area contributed by atoms with Crippen LogP contribution in [0, 0.1) is 6.92 Å². The number of hydrogen-bond donors (Lipinski definition) is 2. The number of aromatic amines is 1. The molecule has 2 heterocycles. The number of nitrogens with zero attached hydrogens (tertiary/aromatic N) is 2. The maximum atomic E-state index is 12.6. The number of amides is 1. The SMILES string of the molecule is CCc1[nH]c2ccc(CNC(=O)C(C)n3ccnc3C(C)C)cc2c1C. The first-order valence-corrected chi connectivity index (χ1v) is 9.32. The van der Waals surface area contributed by atoms with Crippen molar-refractivity contribution in [1.82, 2.24) is 19.9 Å². The van der Waals surface area contributed by atoms with Gasteiger partial charge in [-0.3, -0.25) is 4.79 Å². The molecule has 5 heteroatoms. The maximum absolute atomic E-state index is 12.6. The van der Waals surface area contributed by atoms with E-state index in [0.717, 1.165) is 23.3 Å². The van der Waals surface area contributed by atoms with Crippen LogP contribution in [0.2, 0.25) is 0 Å². The fourth-order valence-electron chi connectivity index (χ4n) is 3.46. The number of carbonyl (C=O) groups is 1. The second kappa shape index (κ2) is 7.36. The summed E-state index contributed by atoms with van der Waals surface area (Å²) in [7, 11) is 0. The molecule has 1 amide bonds. The first-order valence-electron chi connectivity index (χ1n) is 9.32. The van der Waals surface area contributed by atoms with Crippen LogP contribution in [0.15, 0.2) is 30.6 Å². The van der Waals surface area contributed by atoms with Gasteiger partial charge in [0, 0.05) is 41.5 Å². The van der Waals surface area contributed by atoms with Crippen molar-refractivity contribution in [3.63, 3.8) is 0 Å². The molecule has 1 atom stereocenters. The second-order valence-corrected chi connectivity index (χ2v) is 7.20. The van der Waals surface area contributed by atoms with Gasteiger partial charge in [-0.2, -0.15) is 0 Å². The van der Waals surface area contributed by atoms with E-state index in [1.165, 1.54) is 16.6 Å². The van der Waals surface area contributed by atoms with Gasteiger partial charge in [0.15, 0.2) is 0 Å². The molecule has 0 bridgehead atoms. The third-order valence-corrected chi connectivity index (χ3v) is 5.06. The Kier molecular flexibility index (Phi) is 5.16. The molecule has 26 heavy (non-hydrogen) atoms. The lowest BCUT2D eigenvalue weighted by Gasteiger charge is -2.18. The zero-order valence-electron chi connectivity index (χ0n) is 16.3. The molecule has 0 aliphatic rings. The van der Waals surface area contributed by atoms with Crippen LogP contribution >= 0.6 is 0 Å². The van der Waals surface area contributed by atoms with Crippen LogP contribution in [0.1, 0.15) is 62.3 Å². The molecule has 2 aromatic heterocycles. The highest BCUT2D eigenvalue weighted by Crippen LogP contribution is 2.23. The van der Waals surface area contributed by atoms with Crippen molar-refractivity contribution in [1.29, 1.82) is 0 Å². The predicted molar refractivity (Wildman–Crippen MR) is 105 cm³/mol. The summed E-state index contributed by atoms with van der Waals surface area (Å²) in [6.45, 7) is 10.9. The van der Waals surface area contributed by atoms with E-state index in [1.54, 1.807) is 6.20 Å². The molecule has 5 nitrogen and oxygen atoms in total. The lowest BCUT2D eigenvalue weighted by molar-refractivity contribution is -0.124. The Morgan fingerprint density at radius 1 is 1.31 bits per heavy atom. The summed E-state index contributed by atoms with van der Waals surface area (Å²) in [5.74, 6) is 1.22. The number of rotatable bonds is 6. The standard InChI is InChI=1S/C21H28N4O/c1-6-18-14(4)17-11-16(7-8-19(17)24-18)12-23-21(26)15(5)25-10-9-22-20(25)13(2)3/h7-11,13,15,24H,6,12H2,1-5H3,(H,23,26). The second-order valence-electron chi connectivity index (χ2n) is 7.20. The summed E-state index contributed by atoms with van der Waals surface area (Å²) in [6, 6.07) is 6.06. The van der Waals surface area contributed by atoms with Gasteiger partial charge in [-0.05, 0) is 43.5 Å². The van der Waals surface area contributed by atoms with Gasteiger partial charge in [0.05, 0.1) is 0 Å². The number of imidazole rings is 1. The normalized spacial score (nSPS) is 12.7. The molecule has 0 fully saturated rings. The van der Waals surface area contributed by atoms with E-state index in [1.807, 2.05) is 17.7 Å². The Bertz CT molecular complexity index is 919. The largest absolute Gasteiger partial charge is 0.358 e. The van der Waals surface area contributed by atoms with E-state index in [-0.39, 0.29) is 17.9 Å². The number of fused-ring (bicyclic) bond motifs is 1. The average Bonchev–Trinajstić information content (AvgIpc) is 3.24. The zero-order chi connectivity index (χ0) is 18.8. The first-order chi connectivity index (χ1) is 12.4. The minimum absolute atomic E-state index is 0.00466. The number of hydrogen-bond acceptors (Lipinski definition) is 2. The Morgan fingerprint density at radius 3 is 2.77 bits per heavy atom. The molecular weight excluding hydrogens is 324 g/mol. The molecule has 0 spiro atoms. The van der Waals surface area contributed by atoms with E-state index in [4.69, 9.17) is 0 Å². The van der Waals surface area contributed by atoms with Crippen LogP contribution in [0.4, 0.5) is 0 Å². The number of aromatic nitrogens is 3. The van der Waals surface area contributed by atoms with Gasteiger partial charge >= 0.3 is 0 Å². The topological polar surface area (TPSA) is 62.7 Å². The number of carbonyl (C=O) groups excluding carboxylic acids is 1. The van der Waals surface area contributed by atoms with E-state index in [9.17, 15) is 4.79 Å². The Labute approximate surface area is 154 Å². The average molecular weight is 352 g/mol. The molecule has 3 aromatic rings. The number of aryl methyl sites for hydroxylation is 2. The molecule has 0 saturated carbocycles. The molecule has 0 aliphatic carbocycles. The Hall–Kier alpha value is -2.56. The fraction of sp³-hybridized carbons (Fsp3) is 0.429. The van der Waals surface area contributed by atoms with E-state index >= 15 is 0 Å². The highest BCUT2D eigenvalue weighted by molar-refractivity contribution is 5.85. The minimum Gasteiger partial charge on any atom is -0.358 e. The minimum atomic E-state index is -0.278. The lowest BCUT2D eigenvalue weighted by atomic mass is 10.1. The molecule has 2 N–H and O–H groups in total. The highest BCUT2D eigenvalue weighted by Gasteiger charge is 2.19. The molecule has 1 unspecified atom stereocenters. The molecule has 138 valence electrons. The smallest absolute Gasteiger partial charge is 0.243 e. The molecule has 3 rings (SSSR count). The van der Waals surface area contributed by atoms with Crippen molar-refractivity contribution in [3.8, 4) is 0 Å². The quantitative estimate of drug-likeness (QED) is 0.697. The Morgan fingerprint density at radius 2 is 2.08 bits per heavy atom. The lowest BCUT2D eigenvalue weighted by Crippen LogP contribution is -2.31. The molecule has 0 aliphatic heterocycles. The summed E-state index contributed by atoms with van der Waals surface area (Å²) in [6.07, 6.45) is 4.63. The number of H-pyrrole nitrogens is 1. The van der Waals surface area contributed by atoms with Crippen LogP contribution < -0.4 is 5.32 Å². The van der Waals surface area contributed by atoms with Crippen LogP contribution in [0.25, 0.3) is 10.9 Å². The molecule has 1 aromatic carbocycles. The third-order valence-electron chi connectivity index (χ3n) is 5.06. The summed E-state index contributed by atoms with van der Waals surface area (Å²) >= 11 is 0. The summed E-state index contributed by atoms with van der Waals surface area (Å²) in [5.41, 5.74) is 4.83. The van der Waals surface area contributed by atoms with Crippen molar-refractivity contribution < 1.29 is 4.79 Å². The summed E-state index contributed by atoms with van der Waals surface area (Å²) < 4.78 is 1.95. The van der Waals surface area contributed by atoms with Crippen LogP contribution in [-0.4, -0.2) is 20.4 Å². The van der Waals surface area contributed by atoms with Gasteiger partial charge < -0.3 is 14.9 Å². The van der Waals surface area contributed by atoms with Crippen molar-refractivity contribution in [2.24, 2.45) is 0 Å². The van der Waals surface area contributed by atoms with Gasteiger partial charge in [0.1, 0.15) is 11.9 Å². The maximum Gasteiger partial charge on any atom is 0.243 e. The summed E-state index contributed by atoms with van der Waals surface area (Å²) in [4.78, 5) is 20.4. The molecular formula is C21H28N4O. The Balaban J connectivity index is 1.72. The molecule has 0 saturated heterocycles. The fourth-order valence-corrected chi connectivity index (χ4v) is 3.46. The first kappa shape index (κ1) is 18.2. The summed E-state index contributed by atoms with van der Waals surface area (Å²) in [5, 5.41) is 4.29. The van der Waals surface area contributed by atoms with Crippen LogP contribution in [0.5, 0.6) is 0 Å². The molecule has 0 radical (unpaired) electrons. The third kappa shape index (κ3) is 3.39. The van der Waals surface area contributed by atoms with Gasteiger partial charge in [0.25, 0.3) is 0 Å². The number of benzene rings is 1. The van der Waals surface area contributed by atoms with Crippen LogP contribution in [0.3, 0.4) is 0 Å². The van der Waals surface area contributed by atoms with Gasteiger partial charge in [-0.15, -0.1) is 0 Å².